The van der Waals surface area contributed by atoms with E-state index < -0.39 is 0 Å². The topological polar surface area (TPSA) is 56.4 Å². The second-order valence-electron chi connectivity index (χ2n) is 7.44. The highest BCUT2D eigenvalue weighted by Crippen LogP contribution is 2.30. The lowest BCUT2D eigenvalue weighted by molar-refractivity contribution is 0.0375. The van der Waals surface area contributed by atoms with E-state index in [0.29, 0.717) is 5.84 Å². The molecule has 0 aromatic rings. The summed E-state index contributed by atoms with van der Waals surface area (Å²) in [5.41, 5.74) is 5.52. The molecule has 2 unspecified atom stereocenters. The van der Waals surface area contributed by atoms with Crippen LogP contribution in [0.15, 0.2) is 0 Å². The molecule has 116 valence electrons. The first kappa shape index (κ1) is 15.8. The number of nitrogens with one attached hydrogen (secondary N) is 1. The van der Waals surface area contributed by atoms with Crippen LogP contribution in [-0.2, 0) is 0 Å². The van der Waals surface area contributed by atoms with Crippen LogP contribution in [0.25, 0.3) is 0 Å². The Morgan fingerprint density at radius 2 is 2.05 bits per heavy atom. The molecule has 2 aliphatic rings. The number of piperidine rings is 2. The first-order chi connectivity index (χ1) is 9.40. The summed E-state index contributed by atoms with van der Waals surface area (Å²) in [6.45, 7) is 9.13. The van der Waals surface area contributed by atoms with Crippen molar-refractivity contribution in [1.29, 1.82) is 5.41 Å². The zero-order valence-electron chi connectivity index (χ0n) is 13.5. The molecule has 4 heteroatoms. The maximum Gasteiger partial charge on any atom is 0.0963 e. The summed E-state index contributed by atoms with van der Waals surface area (Å²) < 4.78 is 0. The van der Waals surface area contributed by atoms with Gasteiger partial charge < -0.3 is 15.5 Å². The van der Waals surface area contributed by atoms with Gasteiger partial charge >= 0.3 is 0 Å². The van der Waals surface area contributed by atoms with Gasteiger partial charge in [-0.2, -0.15) is 0 Å². The molecule has 0 aromatic heterocycles. The summed E-state index contributed by atoms with van der Waals surface area (Å²) in [4.78, 5) is 5.21. The third-order valence-corrected chi connectivity index (χ3v) is 5.44. The largest absolute Gasteiger partial charge is 0.387 e. The molecule has 0 radical (unpaired) electrons. The third kappa shape index (κ3) is 3.73. The lowest BCUT2D eigenvalue weighted by Gasteiger charge is -2.46. The first-order valence-corrected chi connectivity index (χ1v) is 8.17. The summed E-state index contributed by atoms with van der Waals surface area (Å²) in [6, 6.07) is 0.827. The smallest absolute Gasteiger partial charge is 0.0963 e. The highest BCUT2D eigenvalue weighted by molar-refractivity contribution is 5.82. The van der Waals surface area contributed by atoms with E-state index in [1.165, 1.54) is 45.4 Å². The van der Waals surface area contributed by atoms with E-state index in [1.807, 2.05) is 0 Å². The number of likely N-dealkylation sites (tertiary alicyclic amines) is 2. The van der Waals surface area contributed by atoms with E-state index in [-0.39, 0.29) is 5.41 Å². The molecule has 0 aliphatic carbocycles. The maximum absolute atomic E-state index is 7.62. The monoisotopic (exact) mass is 280 g/mol. The van der Waals surface area contributed by atoms with Crippen molar-refractivity contribution in [3.05, 3.63) is 0 Å². The second-order valence-corrected chi connectivity index (χ2v) is 7.44. The van der Waals surface area contributed by atoms with Gasteiger partial charge in [-0.3, -0.25) is 5.41 Å². The van der Waals surface area contributed by atoms with Crippen LogP contribution in [0.5, 0.6) is 0 Å². The molecule has 0 saturated carbocycles. The van der Waals surface area contributed by atoms with Gasteiger partial charge in [0, 0.05) is 18.0 Å². The summed E-state index contributed by atoms with van der Waals surface area (Å²) in [5.74, 6) is 1.20. The summed E-state index contributed by atoms with van der Waals surface area (Å²) in [6.07, 6.45) is 6.28. The van der Waals surface area contributed by atoms with Crippen LogP contribution in [0.3, 0.4) is 0 Å². The van der Waals surface area contributed by atoms with Gasteiger partial charge in [0.1, 0.15) is 0 Å². The van der Waals surface area contributed by atoms with Crippen LogP contribution < -0.4 is 5.73 Å². The molecule has 3 N–H and O–H groups in total. The third-order valence-electron chi connectivity index (χ3n) is 5.44. The molecule has 2 saturated heterocycles. The number of nitrogens with two attached hydrogens (primary N) is 1. The van der Waals surface area contributed by atoms with Crippen molar-refractivity contribution in [1.82, 2.24) is 9.80 Å². The zero-order chi connectivity index (χ0) is 14.8. The van der Waals surface area contributed by atoms with E-state index in [0.717, 1.165) is 24.8 Å². The summed E-state index contributed by atoms with van der Waals surface area (Å²) in [5, 5.41) is 7.62. The van der Waals surface area contributed by atoms with Crippen molar-refractivity contribution in [2.45, 2.75) is 52.0 Å². The van der Waals surface area contributed by atoms with Crippen LogP contribution in [0.4, 0.5) is 0 Å². The van der Waals surface area contributed by atoms with Crippen molar-refractivity contribution < 1.29 is 0 Å². The molecule has 20 heavy (non-hydrogen) atoms. The van der Waals surface area contributed by atoms with Gasteiger partial charge in [-0.25, -0.2) is 0 Å². The Bertz CT molecular complexity index is 339. The van der Waals surface area contributed by atoms with Crippen molar-refractivity contribution in [3.63, 3.8) is 0 Å². The molecule has 2 rings (SSSR count). The molecule has 2 aliphatic heterocycles. The van der Waals surface area contributed by atoms with E-state index in [4.69, 9.17) is 11.1 Å². The molecule has 4 nitrogen and oxygen atoms in total. The van der Waals surface area contributed by atoms with Crippen molar-refractivity contribution >= 4 is 5.84 Å². The number of fused-ring (bicyclic) bond motifs is 1. The Morgan fingerprint density at radius 3 is 2.75 bits per heavy atom. The Labute approximate surface area is 124 Å². The van der Waals surface area contributed by atoms with Gasteiger partial charge in [-0.05, 0) is 64.7 Å². The minimum absolute atomic E-state index is 0.136. The summed E-state index contributed by atoms with van der Waals surface area (Å²) in [7, 11) is 2.29. The van der Waals surface area contributed by atoms with E-state index in [1.54, 1.807) is 0 Å². The molecule has 0 aromatic carbocycles. The van der Waals surface area contributed by atoms with E-state index in [2.05, 4.69) is 30.7 Å². The number of hydrogen-bond donors (Lipinski definition) is 2. The van der Waals surface area contributed by atoms with Gasteiger partial charge in [0.25, 0.3) is 0 Å². The highest BCUT2D eigenvalue weighted by atomic mass is 15.2. The molecule has 0 amide bonds. The van der Waals surface area contributed by atoms with Crippen LogP contribution in [-0.4, -0.2) is 54.9 Å². The van der Waals surface area contributed by atoms with Crippen molar-refractivity contribution in [2.75, 3.05) is 33.2 Å². The lowest BCUT2D eigenvalue weighted by Crippen LogP contribution is -2.52. The van der Waals surface area contributed by atoms with Crippen LogP contribution >= 0.6 is 0 Å². The average molecular weight is 280 g/mol. The first-order valence-electron chi connectivity index (χ1n) is 8.17. The fourth-order valence-corrected chi connectivity index (χ4v) is 3.81. The number of hydrogen-bond acceptors (Lipinski definition) is 3. The molecular weight excluding hydrogens is 248 g/mol. The molecule has 0 bridgehead atoms. The summed E-state index contributed by atoms with van der Waals surface area (Å²) >= 11 is 0. The lowest BCUT2D eigenvalue weighted by atomic mass is 9.83. The molecule has 2 atom stereocenters. The van der Waals surface area contributed by atoms with Gasteiger partial charge in [-0.1, -0.05) is 13.8 Å². The second kappa shape index (κ2) is 6.44. The fraction of sp³-hybridized carbons (Fsp3) is 0.938. The molecular formula is C16H32N4. The zero-order valence-corrected chi connectivity index (χ0v) is 13.5. The van der Waals surface area contributed by atoms with Crippen LogP contribution in [0.2, 0.25) is 0 Å². The molecule has 2 heterocycles. The number of rotatable bonds is 5. The van der Waals surface area contributed by atoms with Gasteiger partial charge in [0.05, 0.1) is 5.84 Å². The predicted molar refractivity (Wildman–Crippen MR) is 85.1 cm³/mol. The average Bonchev–Trinajstić information content (AvgIpc) is 2.38. The predicted octanol–water partition coefficient (Wildman–Crippen LogP) is 2.14. The minimum atomic E-state index is -0.136. The Morgan fingerprint density at radius 1 is 1.30 bits per heavy atom. The van der Waals surface area contributed by atoms with E-state index in [9.17, 15) is 0 Å². The maximum atomic E-state index is 7.62. The molecule has 2 fully saturated rings. The number of amidine groups is 1. The van der Waals surface area contributed by atoms with Crippen LogP contribution in [0.1, 0.15) is 46.0 Å². The fourth-order valence-electron chi connectivity index (χ4n) is 3.81. The van der Waals surface area contributed by atoms with Gasteiger partial charge in [-0.15, -0.1) is 0 Å². The number of nitrogens with zero attached hydrogens (tertiary/aromatic N) is 2. The van der Waals surface area contributed by atoms with Crippen molar-refractivity contribution in [2.24, 2.45) is 17.1 Å². The van der Waals surface area contributed by atoms with Gasteiger partial charge in [0.2, 0.25) is 0 Å². The van der Waals surface area contributed by atoms with Gasteiger partial charge in [0.15, 0.2) is 0 Å². The highest BCUT2D eigenvalue weighted by Gasteiger charge is 2.34. The molecule has 0 spiro atoms. The Balaban J connectivity index is 1.74. The van der Waals surface area contributed by atoms with Crippen LogP contribution in [0, 0.1) is 16.7 Å². The standard InChI is InChI=1S/C16H32N4/c1-16(2,15(17)18)8-5-10-20-11-7-14-13(12-20)6-4-9-19(14)3/h13-14H,4-12H2,1-3H3,(H3,17,18). The Kier molecular flexibility index (Phi) is 5.08. The minimum Gasteiger partial charge on any atom is -0.387 e. The van der Waals surface area contributed by atoms with Crippen molar-refractivity contribution in [3.8, 4) is 0 Å². The quantitative estimate of drug-likeness (QED) is 0.599. The normalized spacial score (nSPS) is 29.1. The SMILES string of the molecule is CN1CCCC2CN(CCCC(C)(C)C(=N)N)CCC21. The van der Waals surface area contributed by atoms with E-state index >= 15 is 0 Å². The Hall–Kier alpha value is -0.610.